The van der Waals surface area contributed by atoms with Gasteiger partial charge in [-0.15, -0.1) is 0 Å². The lowest BCUT2D eigenvalue weighted by atomic mass is 10.2. The molecule has 3 rings (SSSR count). The Morgan fingerprint density at radius 2 is 1.57 bits per heavy atom. The van der Waals surface area contributed by atoms with E-state index in [1.54, 1.807) is 7.11 Å². The summed E-state index contributed by atoms with van der Waals surface area (Å²) in [5, 5.41) is 5.34. The number of hydrogen-bond acceptors (Lipinski definition) is 5. The van der Waals surface area contributed by atoms with Gasteiger partial charge in [0.2, 0.25) is 0 Å². The van der Waals surface area contributed by atoms with Crippen LogP contribution in [0.3, 0.4) is 0 Å². The molecule has 0 spiro atoms. The van der Waals surface area contributed by atoms with Crippen molar-refractivity contribution in [3.8, 4) is 5.75 Å². The molecule has 0 radical (unpaired) electrons. The van der Waals surface area contributed by atoms with Crippen molar-refractivity contribution >= 4 is 17.5 Å². The quantitative estimate of drug-likeness (QED) is 0.511. The monoisotopic (exact) mass is 410 g/mol. The van der Waals surface area contributed by atoms with Crippen LogP contribution in [0.4, 0.5) is 5.69 Å². The van der Waals surface area contributed by atoms with Gasteiger partial charge in [-0.05, 0) is 42.8 Å². The number of nitrogens with one attached hydrogen (secondary N) is 2. The molecule has 1 saturated heterocycles. The van der Waals surface area contributed by atoms with Gasteiger partial charge in [0, 0.05) is 45.0 Å². The molecule has 1 heterocycles. The summed E-state index contributed by atoms with van der Waals surface area (Å²) < 4.78 is 5.10. The van der Waals surface area contributed by atoms with Crippen LogP contribution in [0.5, 0.6) is 5.75 Å². The molecule has 30 heavy (non-hydrogen) atoms. The van der Waals surface area contributed by atoms with Gasteiger partial charge in [-0.1, -0.05) is 30.3 Å². The molecule has 2 aromatic carbocycles. The van der Waals surface area contributed by atoms with E-state index in [1.807, 2.05) is 30.3 Å². The van der Waals surface area contributed by atoms with E-state index in [4.69, 9.17) is 4.74 Å². The molecule has 0 atom stereocenters. The van der Waals surface area contributed by atoms with Gasteiger partial charge in [0.15, 0.2) is 0 Å². The number of nitrogens with zero attached hydrogens (tertiary/aromatic N) is 2. The molecular formula is C23H30N4O3. The third-order valence-corrected chi connectivity index (χ3v) is 5.25. The number of benzene rings is 2. The SMILES string of the molecule is COc1ccc(CNC(=O)C(=O)NCCCN2CCN(c3ccccc3)CC2)cc1. The van der Waals surface area contributed by atoms with Crippen molar-refractivity contribution in [1.82, 2.24) is 15.5 Å². The summed E-state index contributed by atoms with van der Waals surface area (Å²) in [5.74, 6) is -0.441. The molecule has 7 nitrogen and oxygen atoms in total. The molecular weight excluding hydrogens is 380 g/mol. The maximum absolute atomic E-state index is 12.0. The summed E-state index contributed by atoms with van der Waals surface area (Å²) in [4.78, 5) is 28.7. The predicted molar refractivity (Wildman–Crippen MR) is 118 cm³/mol. The van der Waals surface area contributed by atoms with Gasteiger partial charge in [-0.3, -0.25) is 14.5 Å². The fourth-order valence-electron chi connectivity index (χ4n) is 3.46. The standard InChI is InChI=1S/C23H30N4O3/c1-30-21-10-8-19(9-11-21)18-25-23(29)22(28)24-12-5-13-26-14-16-27(17-15-26)20-6-3-2-4-7-20/h2-4,6-11H,5,12-18H2,1H3,(H,24,28)(H,25,29). The van der Waals surface area contributed by atoms with Gasteiger partial charge in [-0.25, -0.2) is 0 Å². The first-order valence-electron chi connectivity index (χ1n) is 10.4. The first-order chi connectivity index (χ1) is 14.7. The van der Waals surface area contributed by atoms with Crippen molar-refractivity contribution in [2.75, 3.05) is 51.3 Å². The Bertz CT molecular complexity index is 803. The molecule has 160 valence electrons. The minimum absolute atomic E-state index is 0.307. The molecule has 7 heteroatoms. The second kappa shape index (κ2) is 11.2. The van der Waals surface area contributed by atoms with Gasteiger partial charge in [-0.2, -0.15) is 0 Å². The third kappa shape index (κ3) is 6.49. The second-order valence-corrected chi connectivity index (χ2v) is 7.30. The largest absolute Gasteiger partial charge is 0.497 e. The Morgan fingerprint density at radius 1 is 0.900 bits per heavy atom. The Kier molecular flexibility index (Phi) is 8.09. The van der Waals surface area contributed by atoms with Crippen molar-refractivity contribution in [2.24, 2.45) is 0 Å². The van der Waals surface area contributed by atoms with Gasteiger partial charge in [0.05, 0.1) is 7.11 Å². The molecule has 2 aromatic rings. The van der Waals surface area contributed by atoms with Crippen LogP contribution < -0.4 is 20.3 Å². The number of rotatable bonds is 8. The molecule has 1 aliphatic heterocycles. The van der Waals surface area contributed by atoms with E-state index in [2.05, 4.69) is 44.7 Å². The first-order valence-corrected chi connectivity index (χ1v) is 10.4. The lowest BCUT2D eigenvalue weighted by Crippen LogP contribution is -2.47. The summed E-state index contributed by atoms with van der Waals surface area (Å²) in [6, 6.07) is 17.8. The summed E-state index contributed by atoms with van der Waals surface area (Å²) in [6.45, 7) is 5.73. The number of carbonyl (C=O) groups is 2. The summed E-state index contributed by atoms with van der Waals surface area (Å²) in [7, 11) is 1.60. The Morgan fingerprint density at radius 3 is 2.23 bits per heavy atom. The highest BCUT2D eigenvalue weighted by Gasteiger charge is 2.17. The number of piperazine rings is 1. The van der Waals surface area contributed by atoms with Crippen molar-refractivity contribution in [3.63, 3.8) is 0 Å². The third-order valence-electron chi connectivity index (χ3n) is 5.25. The molecule has 0 unspecified atom stereocenters. The minimum Gasteiger partial charge on any atom is -0.497 e. The van der Waals surface area contributed by atoms with Crippen LogP contribution in [0.1, 0.15) is 12.0 Å². The van der Waals surface area contributed by atoms with Crippen LogP contribution in [0.25, 0.3) is 0 Å². The van der Waals surface area contributed by atoms with E-state index in [0.717, 1.165) is 50.5 Å². The number of methoxy groups -OCH3 is 1. The van der Waals surface area contributed by atoms with Crippen molar-refractivity contribution in [1.29, 1.82) is 0 Å². The number of hydrogen-bond donors (Lipinski definition) is 2. The zero-order valence-corrected chi connectivity index (χ0v) is 17.5. The van der Waals surface area contributed by atoms with Crippen LogP contribution >= 0.6 is 0 Å². The predicted octanol–water partition coefficient (Wildman–Crippen LogP) is 1.64. The fraction of sp³-hybridized carbons (Fsp3) is 0.391. The van der Waals surface area contributed by atoms with E-state index in [9.17, 15) is 9.59 Å². The van der Waals surface area contributed by atoms with Gasteiger partial charge < -0.3 is 20.3 Å². The first kappa shape index (κ1) is 21.6. The molecule has 0 bridgehead atoms. The van der Waals surface area contributed by atoms with Crippen LogP contribution in [-0.4, -0.2) is 63.1 Å². The van der Waals surface area contributed by atoms with E-state index < -0.39 is 11.8 Å². The van der Waals surface area contributed by atoms with Crippen LogP contribution in [0.2, 0.25) is 0 Å². The Balaban J connectivity index is 1.27. The molecule has 2 amide bonds. The van der Waals surface area contributed by atoms with E-state index in [0.29, 0.717) is 13.1 Å². The van der Waals surface area contributed by atoms with Crippen molar-refractivity contribution in [3.05, 3.63) is 60.2 Å². The second-order valence-electron chi connectivity index (χ2n) is 7.30. The number of anilines is 1. The highest BCUT2D eigenvalue weighted by molar-refractivity contribution is 6.35. The van der Waals surface area contributed by atoms with Crippen LogP contribution in [0.15, 0.2) is 54.6 Å². The zero-order chi connectivity index (χ0) is 21.2. The smallest absolute Gasteiger partial charge is 0.309 e. The molecule has 1 aliphatic rings. The lowest BCUT2D eigenvalue weighted by molar-refractivity contribution is -0.139. The molecule has 0 aliphatic carbocycles. The zero-order valence-electron chi connectivity index (χ0n) is 17.5. The number of ether oxygens (including phenoxy) is 1. The van der Waals surface area contributed by atoms with E-state index >= 15 is 0 Å². The normalized spacial score (nSPS) is 14.2. The molecule has 0 saturated carbocycles. The van der Waals surface area contributed by atoms with E-state index in [-0.39, 0.29) is 0 Å². The summed E-state index contributed by atoms with van der Waals surface area (Å²) in [5.41, 5.74) is 2.18. The van der Waals surface area contributed by atoms with Gasteiger partial charge in [0.25, 0.3) is 0 Å². The molecule has 2 N–H and O–H groups in total. The number of para-hydroxylation sites is 1. The van der Waals surface area contributed by atoms with Crippen molar-refractivity contribution < 1.29 is 14.3 Å². The lowest BCUT2D eigenvalue weighted by Gasteiger charge is -2.36. The van der Waals surface area contributed by atoms with Crippen molar-refractivity contribution in [2.45, 2.75) is 13.0 Å². The molecule has 1 fully saturated rings. The average molecular weight is 411 g/mol. The van der Waals surface area contributed by atoms with Gasteiger partial charge in [0.1, 0.15) is 5.75 Å². The Labute approximate surface area is 178 Å². The fourth-order valence-corrected chi connectivity index (χ4v) is 3.46. The van der Waals surface area contributed by atoms with Crippen LogP contribution in [-0.2, 0) is 16.1 Å². The highest BCUT2D eigenvalue weighted by Crippen LogP contribution is 2.15. The Hall–Kier alpha value is -3.06. The number of amides is 2. The topological polar surface area (TPSA) is 73.9 Å². The maximum atomic E-state index is 12.0. The van der Waals surface area contributed by atoms with Crippen LogP contribution in [0, 0.1) is 0 Å². The average Bonchev–Trinajstić information content (AvgIpc) is 2.81. The molecule has 0 aromatic heterocycles. The van der Waals surface area contributed by atoms with Gasteiger partial charge >= 0.3 is 11.8 Å². The minimum atomic E-state index is -0.609. The number of carbonyl (C=O) groups excluding carboxylic acids is 2. The highest BCUT2D eigenvalue weighted by atomic mass is 16.5. The summed E-state index contributed by atoms with van der Waals surface area (Å²) in [6.07, 6.45) is 0.822. The van der Waals surface area contributed by atoms with E-state index in [1.165, 1.54) is 5.69 Å². The summed E-state index contributed by atoms with van der Waals surface area (Å²) >= 11 is 0. The maximum Gasteiger partial charge on any atom is 0.309 e.